The Labute approximate surface area is 140 Å². The number of thiazole rings is 1. The van der Waals surface area contributed by atoms with Gasteiger partial charge in [0, 0.05) is 17.0 Å². The topological polar surface area (TPSA) is 127 Å². The van der Waals surface area contributed by atoms with Crippen LogP contribution in [0.3, 0.4) is 0 Å². The Bertz CT molecular complexity index is 774. The number of nitro groups is 1. The number of aromatic nitrogens is 1. The zero-order valence-corrected chi connectivity index (χ0v) is 13.4. The normalized spacial score (nSPS) is 10.7. The van der Waals surface area contributed by atoms with E-state index in [4.69, 9.17) is 4.74 Å². The summed E-state index contributed by atoms with van der Waals surface area (Å²) in [5.41, 5.74) is 3.28. The third-order valence-corrected chi connectivity index (χ3v) is 3.55. The van der Waals surface area contributed by atoms with Gasteiger partial charge in [0.1, 0.15) is 0 Å². The number of nitrogens with one attached hydrogen (secondary N) is 1. The van der Waals surface area contributed by atoms with Crippen molar-refractivity contribution in [3.05, 3.63) is 45.0 Å². The van der Waals surface area contributed by atoms with Gasteiger partial charge in [0.25, 0.3) is 0 Å². The molecule has 10 heteroatoms. The molecule has 0 saturated heterocycles. The average Bonchev–Trinajstić information content (AvgIpc) is 2.96. The van der Waals surface area contributed by atoms with Crippen molar-refractivity contribution in [2.45, 2.75) is 13.3 Å². The molecule has 9 nitrogen and oxygen atoms in total. The number of carbonyl (C=O) groups excluding carboxylic acids is 1. The Morgan fingerprint density at radius 3 is 3.08 bits per heavy atom. The van der Waals surface area contributed by atoms with E-state index in [1.807, 2.05) is 0 Å². The predicted octanol–water partition coefficient (Wildman–Crippen LogP) is 2.31. The van der Waals surface area contributed by atoms with Gasteiger partial charge in [-0.2, -0.15) is 5.10 Å². The van der Waals surface area contributed by atoms with Crippen LogP contribution in [0.1, 0.15) is 18.2 Å². The first-order valence-corrected chi connectivity index (χ1v) is 7.74. The van der Waals surface area contributed by atoms with Gasteiger partial charge < -0.3 is 9.84 Å². The van der Waals surface area contributed by atoms with E-state index in [1.54, 1.807) is 12.3 Å². The highest BCUT2D eigenvalue weighted by atomic mass is 32.1. The van der Waals surface area contributed by atoms with E-state index in [9.17, 15) is 20.0 Å². The van der Waals surface area contributed by atoms with Crippen LogP contribution in [0, 0.1) is 10.1 Å². The number of aromatic hydroxyl groups is 1. The molecule has 0 radical (unpaired) electrons. The third-order valence-electron chi connectivity index (χ3n) is 2.75. The number of nitro benzene ring substituents is 1. The largest absolute Gasteiger partial charge is 0.502 e. The Kier molecular flexibility index (Phi) is 5.79. The number of benzene rings is 1. The highest BCUT2D eigenvalue weighted by molar-refractivity contribution is 7.13. The second kappa shape index (κ2) is 8.02. The number of hydrogen-bond acceptors (Lipinski definition) is 9. The molecule has 0 aliphatic rings. The summed E-state index contributed by atoms with van der Waals surface area (Å²) in [6.45, 7) is 2.05. The summed E-state index contributed by atoms with van der Waals surface area (Å²) in [7, 11) is 0. The van der Waals surface area contributed by atoms with E-state index >= 15 is 0 Å². The Morgan fingerprint density at radius 2 is 2.38 bits per heavy atom. The predicted molar refractivity (Wildman–Crippen MR) is 88.4 cm³/mol. The number of carbonyl (C=O) groups is 1. The first kappa shape index (κ1) is 17.3. The molecule has 0 unspecified atom stereocenters. The second-order valence-electron chi connectivity index (χ2n) is 4.50. The highest BCUT2D eigenvalue weighted by Gasteiger charge is 2.12. The minimum atomic E-state index is -0.678. The van der Waals surface area contributed by atoms with Crippen LogP contribution >= 0.6 is 11.3 Å². The van der Waals surface area contributed by atoms with Gasteiger partial charge in [-0.15, -0.1) is 11.3 Å². The molecular formula is C14H14N4O5S. The van der Waals surface area contributed by atoms with Gasteiger partial charge in [-0.1, -0.05) is 0 Å². The molecule has 126 valence electrons. The zero-order valence-electron chi connectivity index (χ0n) is 12.6. The molecule has 0 aliphatic heterocycles. The van der Waals surface area contributed by atoms with Crippen molar-refractivity contribution in [1.82, 2.24) is 4.98 Å². The third kappa shape index (κ3) is 4.74. The minimum absolute atomic E-state index is 0.0832. The lowest BCUT2D eigenvalue weighted by Crippen LogP contribution is -2.07. The minimum Gasteiger partial charge on any atom is -0.502 e. The summed E-state index contributed by atoms with van der Waals surface area (Å²) < 4.78 is 4.83. The summed E-state index contributed by atoms with van der Waals surface area (Å²) in [6.07, 6.45) is 1.44. The number of phenols is 1. The number of esters is 1. The zero-order chi connectivity index (χ0) is 17.5. The molecule has 1 aromatic heterocycles. The van der Waals surface area contributed by atoms with Crippen LogP contribution in [0.4, 0.5) is 10.8 Å². The van der Waals surface area contributed by atoms with Crippen molar-refractivity contribution < 1.29 is 19.6 Å². The monoisotopic (exact) mass is 350 g/mol. The molecule has 0 fully saturated rings. The Balaban J connectivity index is 1.97. The van der Waals surface area contributed by atoms with E-state index < -0.39 is 16.4 Å². The number of rotatable bonds is 7. The average molecular weight is 350 g/mol. The van der Waals surface area contributed by atoms with Crippen molar-refractivity contribution in [2.24, 2.45) is 5.10 Å². The molecule has 2 rings (SSSR count). The fourth-order valence-electron chi connectivity index (χ4n) is 1.73. The summed E-state index contributed by atoms with van der Waals surface area (Å²) in [6, 6.07) is 3.91. The summed E-state index contributed by atoms with van der Waals surface area (Å²) in [5.74, 6) is -0.761. The van der Waals surface area contributed by atoms with Gasteiger partial charge in [-0.3, -0.25) is 20.3 Å². The van der Waals surface area contributed by atoms with Gasteiger partial charge in [-0.25, -0.2) is 4.98 Å². The maximum Gasteiger partial charge on any atom is 0.311 e. The number of ether oxygens (including phenoxy) is 1. The summed E-state index contributed by atoms with van der Waals surface area (Å²) >= 11 is 1.26. The fraction of sp³-hybridized carbons (Fsp3) is 0.214. The molecule has 24 heavy (non-hydrogen) atoms. The number of hydrazone groups is 1. The molecule has 1 heterocycles. The SMILES string of the molecule is CCOC(=O)Cc1csc(N/N=C\c2ccc(O)c([N+](=O)[O-])c2)n1. The number of hydrogen-bond donors (Lipinski definition) is 2. The lowest BCUT2D eigenvalue weighted by atomic mass is 10.2. The van der Waals surface area contributed by atoms with E-state index in [-0.39, 0.29) is 12.4 Å². The maximum absolute atomic E-state index is 11.4. The summed E-state index contributed by atoms with van der Waals surface area (Å²) in [4.78, 5) is 25.6. The number of anilines is 1. The smallest absolute Gasteiger partial charge is 0.311 e. The lowest BCUT2D eigenvalue weighted by molar-refractivity contribution is -0.385. The molecule has 0 aliphatic carbocycles. The van der Waals surface area contributed by atoms with Crippen molar-refractivity contribution in [1.29, 1.82) is 0 Å². The molecule has 0 saturated carbocycles. The second-order valence-corrected chi connectivity index (χ2v) is 5.36. The van der Waals surface area contributed by atoms with E-state index in [2.05, 4.69) is 15.5 Å². The van der Waals surface area contributed by atoms with E-state index in [1.165, 1.54) is 35.8 Å². The summed E-state index contributed by atoms with van der Waals surface area (Å²) in [5, 5.41) is 26.2. The van der Waals surface area contributed by atoms with Crippen LogP contribution in [0.2, 0.25) is 0 Å². The quantitative estimate of drug-likeness (QED) is 0.339. The lowest BCUT2D eigenvalue weighted by Gasteiger charge is -1.98. The molecule has 2 N–H and O–H groups in total. The van der Waals surface area contributed by atoms with Crippen molar-refractivity contribution in [2.75, 3.05) is 12.0 Å². The molecule has 0 atom stereocenters. The standard InChI is InChI=1S/C14H14N4O5S/c1-2-23-13(20)6-10-8-24-14(16-10)17-15-7-9-3-4-12(19)11(5-9)18(21)22/h3-5,7-8,19H,2,6H2,1H3,(H,16,17)/b15-7-. The van der Waals surface area contributed by atoms with E-state index in [0.717, 1.165) is 0 Å². The fourth-order valence-corrected chi connectivity index (χ4v) is 2.39. The molecule has 1 aromatic carbocycles. The molecule has 0 bridgehead atoms. The van der Waals surface area contributed by atoms with Crippen LogP contribution in [0.5, 0.6) is 5.75 Å². The molecule has 2 aromatic rings. The highest BCUT2D eigenvalue weighted by Crippen LogP contribution is 2.25. The van der Waals surface area contributed by atoms with Crippen LogP contribution in [0.25, 0.3) is 0 Å². The van der Waals surface area contributed by atoms with Crippen LogP contribution in [-0.4, -0.2) is 33.8 Å². The Morgan fingerprint density at radius 1 is 1.58 bits per heavy atom. The maximum atomic E-state index is 11.4. The van der Waals surface area contributed by atoms with Gasteiger partial charge in [0.15, 0.2) is 5.75 Å². The van der Waals surface area contributed by atoms with Gasteiger partial charge in [0.2, 0.25) is 5.13 Å². The van der Waals surface area contributed by atoms with Crippen molar-refractivity contribution >= 4 is 34.3 Å². The van der Waals surface area contributed by atoms with Crippen LogP contribution < -0.4 is 5.43 Å². The first-order valence-electron chi connectivity index (χ1n) is 6.86. The van der Waals surface area contributed by atoms with Crippen LogP contribution in [0.15, 0.2) is 28.7 Å². The molecule has 0 amide bonds. The van der Waals surface area contributed by atoms with Crippen molar-refractivity contribution in [3.63, 3.8) is 0 Å². The molecular weight excluding hydrogens is 336 g/mol. The van der Waals surface area contributed by atoms with Gasteiger partial charge in [-0.05, 0) is 19.1 Å². The number of phenolic OH excluding ortho intramolecular Hbond substituents is 1. The molecule has 0 spiro atoms. The van der Waals surface area contributed by atoms with Crippen molar-refractivity contribution in [3.8, 4) is 5.75 Å². The van der Waals surface area contributed by atoms with E-state index in [0.29, 0.717) is 23.0 Å². The number of nitrogens with zero attached hydrogens (tertiary/aromatic N) is 3. The Hall–Kier alpha value is -3.01. The van der Waals surface area contributed by atoms with Gasteiger partial charge in [0.05, 0.1) is 29.9 Å². The van der Waals surface area contributed by atoms with Crippen LogP contribution in [-0.2, 0) is 16.0 Å². The van der Waals surface area contributed by atoms with Gasteiger partial charge >= 0.3 is 11.7 Å². The first-order chi connectivity index (χ1) is 11.5.